The van der Waals surface area contributed by atoms with E-state index in [4.69, 9.17) is 11.2 Å². The molecule has 2 aromatic rings. The van der Waals surface area contributed by atoms with Crippen molar-refractivity contribution in [2.24, 2.45) is 5.10 Å². The highest BCUT2D eigenvalue weighted by molar-refractivity contribution is 5.80. The molecule has 19 heavy (non-hydrogen) atoms. The maximum atomic E-state index is 5.34. The summed E-state index contributed by atoms with van der Waals surface area (Å²) in [5.74, 6) is 3.17. The molecule has 0 bridgehead atoms. The summed E-state index contributed by atoms with van der Waals surface area (Å²) in [6.45, 7) is 0.267. The first-order valence-electron chi connectivity index (χ1n) is 5.89. The van der Waals surface area contributed by atoms with Crippen molar-refractivity contribution in [3.63, 3.8) is 0 Å². The summed E-state index contributed by atoms with van der Waals surface area (Å²) in [5.41, 5.74) is 4.84. The average molecular weight is 250 g/mol. The van der Waals surface area contributed by atoms with Gasteiger partial charge in [-0.15, -0.1) is 6.42 Å². The van der Waals surface area contributed by atoms with Gasteiger partial charge in [-0.1, -0.05) is 36.3 Å². The van der Waals surface area contributed by atoms with Crippen LogP contribution >= 0.6 is 0 Å². The molecule has 3 heteroatoms. The van der Waals surface area contributed by atoms with Crippen LogP contribution in [0.2, 0.25) is 0 Å². The molecule has 3 nitrogen and oxygen atoms in total. The molecule has 0 aliphatic carbocycles. The fourth-order valence-corrected chi connectivity index (χ4v) is 1.50. The number of hydrogen-bond donors (Lipinski definition) is 1. The van der Waals surface area contributed by atoms with Gasteiger partial charge >= 0.3 is 0 Å². The maximum absolute atomic E-state index is 5.34. The Kier molecular flexibility index (Phi) is 4.60. The van der Waals surface area contributed by atoms with Crippen LogP contribution in [-0.2, 0) is 0 Å². The molecule has 0 aromatic heterocycles. The second-order valence-electron chi connectivity index (χ2n) is 3.80. The van der Waals surface area contributed by atoms with Gasteiger partial charge in [-0.05, 0) is 29.8 Å². The van der Waals surface area contributed by atoms with Crippen molar-refractivity contribution in [3.8, 4) is 18.1 Å². The lowest BCUT2D eigenvalue weighted by atomic mass is 10.2. The number of ether oxygens (including phenoxy) is 1. The van der Waals surface area contributed by atoms with Crippen molar-refractivity contribution >= 4 is 11.9 Å². The molecular formula is C16H14N2O. The SMILES string of the molecule is C#CCOc1cccc(/C=N\Nc2ccccc2)c1. The Balaban J connectivity index is 1.97. The molecule has 0 aliphatic rings. The third kappa shape index (κ3) is 4.21. The standard InChI is InChI=1S/C16H14N2O/c1-2-11-19-16-10-6-7-14(12-16)13-17-18-15-8-4-3-5-9-15/h1,3-10,12-13,18H,11H2/b17-13-. The molecule has 1 N–H and O–H groups in total. The van der Waals surface area contributed by atoms with Crippen molar-refractivity contribution in [2.75, 3.05) is 12.0 Å². The first-order valence-corrected chi connectivity index (χ1v) is 5.89. The van der Waals surface area contributed by atoms with Crippen LogP contribution in [0.4, 0.5) is 5.69 Å². The summed E-state index contributed by atoms with van der Waals surface area (Å²) >= 11 is 0. The molecular weight excluding hydrogens is 236 g/mol. The van der Waals surface area contributed by atoms with Crippen LogP contribution in [0.3, 0.4) is 0 Å². The van der Waals surface area contributed by atoms with E-state index in [1.807, 2.05) is 54.6 Å². The molecule has 2 rings (SSSR count). The van der Waals surface area contributed by atoms with E-state index in [0.717, 1.165) is 17.0 Å². The summed E-state index contributed by atoms with van der Waals surface area (Å²) in [7, 11) is 0. The molecule has 0 unspecified atom stereocenters. The zero-order valence-electron chi connectivity index (χ0n) is 10.4. The summed E-state index contributed by atoms with van der Waals surface area (Å²) in [6, 6.07) is 17.3. The zero-order valence-corrected chi connectivity index (χ0v) is 10.4. The predicted octanol–water partition coefficient (Wildman–Crippen LogP) is 3.14. The molecule has 0 saturated carbocycles. The van der Waals surface area contributed by atoms with Gasteiger partial charge in [0.15, 0.2) is 0 Å². The number of benzene rings is 2. The zero-order chi connectivity index (χ0) is 13.3. The molecule has 0 amide bonds. The molecule has 2 aromatic carbocycles. The largest absolute Gasteiger partial charge is 0.481 e. The van der Waals surface area contributed by atoms with E-state index in [0.29, 0.717) is 0 Å². The Labute approximate surface area is 112 Å². The molecule has 0 spiro atoms. The second-order valence-corrected chi connectivity index (χ2v) is 3.80. The number of anilines is 1. The minimum atomic E-state index is 0.267. The van der Waals surface area contributed by atoms with E-state index in [-0.39, 0.29) is 6.61 Å². The van der Waals surface area contributed by atoms with Crippen molar-refractivity contribution in [2.45, 2.75) is 0 Å². The molecule has 0 radical (unpaired) electrons. The van der Waals surface area contributed by atoms with Gasteiger partial charge in [-0.2, -0.15) is 5.10 Å². The predicted molar refractivity (Wildman–Crippen MR) is 78.4 cm³/mol. The Morgan fingerprint density at radius 3 is 2.79 bits per heavy atom. The van der Waals surface area contributed by atoms with Crippen LogP contribution in [-0.4, -0.2) is 12.8 Å². The summed E-state index contributed by atoms with van der Waals surface area (Å²) in [6.07, 6.45) is 6.88. The Bertz CT molecular complexity index is 585. The summed E-state index contributed by atoms with van der Waals surface area (Å²) in [5, 5.41) is 4.16. The fraction of sp³-hybridized carbons (Fsp3) is 0.0625. The lowest BCUT2D eigenvalue weighted by molar-refractivity contribution is 0.370. The van der Waals surface area contributed by atoms with Crippen molar-refractivity contribution in [1.82, 2.24) is 0 Å². The third-order valence-electron chi connectivity index (χ3n) is 2.36. The third-order valence-corrected chi connectivity index (χ3v) is 2.36. The van der Waals surface area contributed by atoms with E-state index in [1.54, 1.807) is 6.21 Å². The second kappa shape index (κ2) is 6.87. The molecule has 0 atom stereocenters. The van der Waals surface area contributed by atoms with Crippen LogP contribution < -0.4 is 10.2 Å². The van der Waals surface area contributed by atoms with Crippen LogP contribution in [0.1, 0.15) is 5.56 Å². The first kappa shape index (κ1) is 12.7. The molecule has 0 aliphatic heterocycles. The van der Waals surface area contributed by atoms with Gasteiger partial charge in [0.2, 0.25) is 0 Å². The number of rotatable bonds is 5. The molecule has 0 heterocycles. The van der Waals surface area contributed by atoms with E-state index in [1.165, 1.54) is 0 Å². The highest BCUT2D eigenvalue weighted by atomic mass is 16.5. The van der Waals surface area contributed by atoms with Gasteiger partial charge in [0, 0.05) is 0 Å². The number of nitrogens with one attached hydrogen (secondary N) is 1. The van der Waals surface area contributed by atoms with Gasteiger partial charge in [-0.3, -0.25) is 5.43 Å². The van der Waals surface area contributed by atoms with Crippen LogP contribution in [0, 0.1) is 12.3 Å². The van der Waals surface area contributed by atoms with E-state index in [9.17, 15) is 0 Å². The lowest BCUT2D eigenvalue weighted by Gasteiger charge is -2.02. The smallest absolute Gasteiger partial charge is 0.148 e. The van der Waals surface area contributed by atoms with Crippen molar-refractivity contribution in [3.05, 3.63) is 60.2 Å². The molecule has 0 fully saturated rings. The first-order chi connectivity index (χ1) is 9.38. The van der Waals surface area contributed by atoms with Gasteiger partial charge < -0.3 is 4.74 Å². The minimum Gasteiger partial charge on any atom is -0.481 e. The van der Waals surface area contributed by atoms with Gasteiger partial charge in [0.25, 0.3) is 0 Å². The highest BCUT2D eigenvalue weighted by Crippen LogP contribution is 2.12. The normalized spacial score (nSPS) is 10.1. The average Bonchev–Trinajstić information content (AvgIpc) is 2.47. The number of hydrogen-bond acceptors (Lipinski definition) is 3. The maximum Gasteiger partial charge on any atom is 0.148 e. The quantitative estimate of drug-likeness (QED) is 0.502. The van der Waals surface area contributed by atoms with E-state index in [2.05, 4.69) is 16.4 Å². The molecule has 94 valence electrons. The van der Waals surface area contributed by atoms with E-state index < -0.39 is 0 Å². The number of nitrogens with zero attached hydrogens (tertiary/aromatic N) is 1. The molecule has 0 saturated heterocycles. The Morgan fingerprint density at radius 1 is 1.16 bits per heavy atom. The highest BCUT2D eigenvalue weighted by Gasteiger charge is 1.93. The van der Waals surface area contributed by atoms with E-state index >= 15 is 0 Å². The summed E-state index contributed by atoms with van der Waals surface area (Å²) in [4.78, 5) is 0. The van der Waals surface area contributed by atoms with Crippen LogP contribution in [0.5, 0.6) is 5.75 Å². The van der Waals surface area contributed by atoms with Crippen molar-refractivity contribution < 1.29 is 4.74 Å². The number of hydrazone groups is 1. The van der Waals surface area contributed by atoms with Gasteiger partial charge in [0.05, 0.1) is 11.9 Å². The van der Waals surface area contributed by atoms with Gasteiger partial charge in [-0.25, -0.2) is 0 Å². The summed E-state index contributed by atoms with van der Waals surface area (Å²) < 4.78 is 5.34. The van der Waals surface area contributed by atoms with Crippen molar-refractivity contribution in [1.29, 1.82) is 0 Å². The Hall–Kier alpha value is -2.73. The van der Waals surface area contributed by atoms with Crippen LogP contribution in [0.15, 0.2) is 59.7 Å². The van der Waals surface area contributed by atoms with Gasteiger partial charge in [0.1, 0.15) is 12.4 Å². The lowest BCUT2D eigenvalue weighted by Crippen LogP contribution is -1.94. The Morgan fingerprint density at radius 2 is 2.00 bits per heavy atom. The topological polar surface area (TPSA) is 33.6 Å². The monoisotopic (exact) mass is 250 g/mol. The number of para-hydroxylation sites is 1. The minimum absolute atomic E-state index is 0.267. The van der Waals surface area contributed by atoms with Crippen LogP contribution in [0.25, 0.3) is 0 Å². The number of terminal acetylenes is 1. The fourth-order valence-electron chi connectivity index (χ4n) is 1.50.